The van der Waals surface area contributed by atoms with Gasteiger partial charge in [-0.15, -0.1) is 0 Å². The number of unbranched alkanes of at least 4 members (excludes halogenated alkanes) is 2. The van der Waals surface area contributed by atoms with Crippen molar-refractivity contribution in [1.82, 2.24) is 4.31 Å². The van der Waals surface area contributed by atoms with E-state index in [0.29, 0.717) is 18.4 Å². The Labute approximate surface area is 205 Å². The lowest BCUT2D eigenvalue weighted by atomic mass is 9.72. The molecule has 0 unspecified atom stereocenters. The number of benzene rings is 2. The first-order chi connectivity index (χ1) is 16.1. The number of aliphatic hydroxyl groups excluding tert-OH is 1. The second kappa shape index (κ2) is 10.7. The van der Waals surface area contributed by atoms with Gasteiger partial charge in [-0.3, -0.25) is 0 Å². The van der Waals surface area contributed by atoms with Gasteiger partial charge in [0.05, 0.1) is 23.6 Å². The molecule has 0 aliphatic carbocycles. The average molecular weight is 489 g/mol. The maximum Gasteiger partial charge on any atom is 0.243 e. The molecule has 34 heavy (non-hydrogen) atoms. The van der Waals surface area contributed by atoms with Crippen molar-refractivity contribution in [2.45, 2.75) is 74.8 Å². The number of likely N-dealkylation sites (N-methyl/N-ethyl adjacent to an activating group) is 1. The van der Waals surface area contributed by atoms with Crippen LogP contribution in [-0.4, -0.2) is 57.7 Å². The summed E-state index contributed by atoms with van der Waals surface area (Å²) in [6.45, 7) is 4.20. The van der Waals surface area contributed by atoms with Crippen molar-refractivity contribution in [3.8, 4) is 5.75 Å². The zero-order valence-corrected chi connectivity index (χ0v) is 22.2. The summed E-state index contributed by atoms with van der Waals surface area (Å²) in [4.78, 5) is 2.23. The number of ether oxygens (including phenoxy) is 1. The molecular weight excluding hydrogens is 448 g/mol. The Kier molecular flexibility index (Phi) is 8.32. The number of hydrogen-bond donors (Lipinski definition) is 1. The Morgan fingerprint density at radius 3 is 2.12 bits per heavy atom. The van der Waals surface area contributed by atoms with Crippen LogP contribution in [0.25, 0.3) is 0 Å². The van der Waals surface area contributed by atoms with Crippen molar-refractivity contribution in [2.75, 3.05) is 33.2 Å². The molecule has 1 N–H and O–H groups in total. The molecule has 2 aromatic carbocycles. The summed E-state index contributed by atoms with van der Waals surface area (Å²) in [7, 11) is 3.32. The number of sulfonamides is 1. The molecule has 1 aliphatic rings. The molecule has 1 aliphatic heterocycles. The fraction of sp³-hybridized carbons (Fsp3) is 0.556. The number of rotatable bonds is 9. The van der Waals surface area contributed by atoms with Gasteiger partial charge >= 0.3 is 0 Å². The van der Waals surface area contributed by atoms with Gasteiger partial charge in [-0.25, -0.2) is 8.42 Å². The van der Waals surface area contributed by atoms with Gasteiger partial charge in [0.2, 0.25) is 10.0 Å². The van der Waals surface area contributed by atoms with E-state index in [9.17, 15) is 13.5 Å². The Hall–Kier alpha value is -2.09. The lowest BCUT2D eigenvalue weighted by molar-refractivity contribution is -0.00313. The summed E-state index contributed by atoms with van der Waals surface area (Å²) in [5, 5.41) is 12.2. The van der Waals surface area contributed by atoms with Gasteiger partial charge in [-0.05, 0) is 54.3 Å². The predicted octanol–water partition coefficient (Wildman–Crippen LogP) is 5.01. The van der Waals surface area contributed by atoms with Gasteiger partial charge in [0.1, 0.15) is 5.75 Å². The Bertz CT molecular complexity index is 1060. The van der Waals surface area contributed by atoms with E-state index in [-0.39, 0.29) is 4.90 Å². The minimum absolute atomic E-state index is 0.273. The molecule has 2 aromatic rings. The summed E-state index contributed by atoms with van der Waals surface area (Å²) >= 11 is 0. The van der Waals surface area contributed by atoms with E-state index in [4.69, 9.17) is 4.74 Å². The quantitative estimate of drug-likeness (QED) is 0.537. The Balaban J connectivity index is 2.35. The highest BCUT2D eigenvalue weighted by molar-refractivity contribution is 7.89. The topological polar surface area (TPSA) is 70.1 Å². The van der Waals surface area contributed by atoms with E-state index in [0.717, 1.165) is 42.7 Å². The van der Waals surface area contributed by atoms with Crippen molar-refractivity contribution < 1.29 is 18.3 Å². The molecule has 0 saturated heterocycles. The van der Waals surface area contributed by atoms with Gasteiger partial charge in [-0.2, -0.15) is 4.31 Å². The van der Waals surface area contributed by atoms with E-state index < -0.39 is 27.6 Å². The van der Waals surface area contributed by atoms with E-state index in [1.807, 2.05) is 55.4 Å². The molecule has 6 nitrogen and oxygen atoms in total. The normalized spacial score (nSPS) is 21.5. The number of hydrogen-bond acceptors (Lipinski definition) is 5. The fourth-order valence-electron chi connectivity index (χ4n) is 5.22. The van der Waals surface area contributed by atoms with E-state index in [1.54, 1.807) is 20.2 Å². The molecule has 7 heteroatoms. The summed E-state index contributed by atoms with van der Waals surface area (Å²) in [5.41, 5.74) is 1.53. The molecule has 0 saturated carbocycles. The lowest BCUT2D eigenvalue weighted by Crippen LogP contribution is -2.57. The van der Waals surface area contributed by atoms with Gasteiger partial charge in [-0.1, -0.05) is 51.7 Å². The monoisotopic (exact) mass is 488 g/mol. The molecule has 188 valence electrons. The second-order valence-electron chi connectivity index (χ2n) is 9.60. The van der Waals surface area contributed by atoms with Crippen LogP contribution in [0.5, 0.6) is 5.75 Å². The third-order valence-corrected chi connectivity index (χ3v) is 9.39. The maximum atomic E-state index is 14.1. The van der Waals surface area contributed by atoms with Crippen LogP contribution in [0.4, 0.5) is 5.69 Å². The summed E-state index contributed by atoms with van der Waals surface area (Å²) in [6.07, 6.45) is 3.87. The van der Waals surface area contributed by atoms with Gasteiger partial charge in [0.15, 0.2) is 0 Å². The second-order valence-corrected chi connectivity index (χ2v) is 11.5. The predicted molar refractivity (Wildman–Crippen MR) is 138 cm³/mol. The molecular formula is C27H40N2O4S. The van der Waals surface area contributed by atoms with Gasteiger partial charge < -0.3 is 14.7 Å². The number of aliphatic hydroxyl groups is 1. The highest BCUT2D eigenvalue weighted by Crippen LogP contribution is 2.48. The smallest absolute Gasteiger partial charge is 0.243 e. The number of anilines is 1. The van der Waals surface area contributed by atoms with Crippen LogP contribution in [0.1, 0.15) is 69.4 Å². The standard InChI is InChI=1S/C27H40N2O4S/c1-7-9-17-27(18-10-8-2)26(30)25(20-11-14-22(33-6)15-12-20)23-19-21(28(3)4)13-16-24(23)34(31,32)29(27)5/h11-16,19,25-26,30H,7-10,17-18H2,1-6H3/t25-,26-/m1/s1. The van der Waals surface area contributed by atoms with Crippen molar-refractivity contribution in [1.29, 1.82) is 0 Å². The van der Waals surface area contributed by atoms with Crippen LogP contribution in [0.15, 0.2) is 47.4 Å². The van der Waals surface area contributed by atoms with Crippen LogP contribution < -0.4 is 9.64 Å². The number of fused-ring (bicyclic) bond motifs is 1. The van der Waals surface area contributed by atoms with Crippen LogP contribution in [0, 0.1) is 0 Å². The summed E-state index contributed by atoms with van der Waals surface area (Å²) in [5.74, 6) is 0.233. The van der Waals surface area contributed by atoms with Gasteiger partial charge in [0, 0.05) is 32.7 Å². The molecule has 2 atom stereocenters. The van der Waals surface area contributed by atoms with Crippen molar-refractivity contribution in [3.05, 3.63) is 53.6 Å². The number of methoxy groups -OCH3 is 1. The fourth-order valence-corrected chi connectivity index (χ4v) is 7.01. The SMILES string of the molecule is CCCCC1(CCCC)[C@H](O)[C@H](c2ccc(OC)cc2)c2cc(N(C)C)ccc2S(=O)(=O)N1C. The van der Waals surface area contributed by atoms with Gasteiger partial charge in [0.25, 0.3) is 0 Å². The summed E-state index contributed by atoms with van der Waals surface area (Å²) < 4.78 is 34.9. The third kappa shape index (κ3) is 4.70. The Morgan fingerprint density at radius 1 is 1.03 bits per heavy atom. The summed E-state index contributed by atoms with van der Waals surface area (Å²) in [6, 6.07) is 13.1. The molecule has 1 heterocycles. The third-order valence-electron chi connectivity index (χ3n) is 7.38. The van der Waals surface area contributed by atoms with Crippen LogP contribution >= 0.6 is 0 Å². The molecule has 0 fully saturated rings. The van der Waals surface area contributed by atoms with Crippen molar-refractivity contribution >= 4 is 15.7 Å². The molecule has 0 spiro atoms. The zero-order chi connectivity index (χ0) is 25.1. The highest BCUT2D eigenvalue weighted by Gasteiger charge is 2.53. The van der Waals surface area contributed by atoms with E-state index in [2.05, 4.69) is 13.8 Å². The highest BCUT2D eigenvalue weighted by atomic mass is 32.2. The first kappa shape index (κ1) is 26.5. The maximum absolute atomic E-state index is 14.1. The lowest BCUT2D eigenvalue weighted by Gasteiger charge is -2.45. The molecule has 0 radical (unpaired) electrons. The molecule has 0 amide bonds. The van der Waals surface area contributed by atoms with Crippen LogP contribution in [-0.2, 0) is 10.0 Å². The van der Waals surface area contributed by atoms with Crippen LogP contribution in [0.3, 0.4) is 0 Å². The minimum Gasteiger partial charge on any atom is -0.497 e. The Morgan fingerprint density at radius 2 is 1.62 bits per heavy atom. The van der Waals surface area contributed by atoms with E-state index in [1.165, 1.54) is 4.31 Å². The first-order valence-corrected chi connectivity index (χ1v) is 13.7. The first-order valence-electron chi connectivity index (χ1n) is 12.3. The average Bonchev–Trinajstić information content (AvgIpc) is 2.88. The molecule has 0 aromatic heterocycles. The number of nitrogens with zero attached hydrogens (tertiary/aromatic N) is 2. The largest absolute Gasteiger partial charge is 0.497 e. The minimum atomic E-state index is -3.82. The molecule has 3 rings (SSSR count). The molecule has 0 bridgehead atoms. The van der Waals surface area contributed by atoms with E-state index >= 15 is 0 Å². The van der Waals surface area contributed by atoms with Crippen molar-refractivity contribution in [3.63, 3.8) is 0 Å². The zero-order valence-electron chi connectivity index (χ0n) is 21.4. The van der Waals surface area contributed by atoms with Crippen LogP contribution in [0.2, 0.25) is 0 Å². The van der Waals surface area contributed by atoms with Crippen molar-refractivity contribution in [2.24, 2.45) is 0 Å².